The summed E-state index contributed by atoms with van der Waals surface area (Å²) in [5.41, 5.74) is 6.04. The van der Waals surface area contributed by atoms with Crippen molar-refractivity contribution < 1.29 is 0 Å². The van der Waals surface area contributed by atoms with Crippen molar-refractivity contribution in [1.29, 1.82) is 0 Å². The summed E-state index contributed by atoms with van der Waals surface area (Å²) in [7, 11) is 0. The molecule has 2 fully saturated rings. The fourth-order valence-corrected chi connectivity index (χ4v) is 2.96. The smallest absolute Gasteiger partial charge is 0.0280 e. The second kappa shape index (κ2) is 3.56. The van der Waals surface area contributed by atoms with Crippen LogP contribution < -0.4 is 5.73 Å². The third-order valence-electron chi connectivity index (χ3n) is 3.19. The van der Waals surface area contributed by atoms with Gasteiger partial charge in [-0.2, -0.15) is 11.8 Å². The lowest BCUT2D eigenvalue weighted by molar-refractivity contribution is 0.106. The van der Waals surface area contributed by atoms with Crippen molar-refractivity contribution in [2.75, 3.05) is 18.1 Å². The molecule has 0 unspecified atom stereocenters. The minimum atomic E-state index is 0.421. The van der Waals surface area contributed by atoms with Gasteiger partial charge in [-0.05, 0) is 26.3 Å². The van der Waals surface area contributed by atoms with Gasteiger partial charge in [0.05, 0.1) is 0 Å². The molecule has 2 aliphatic heterocycles. The Bertz CT molecular complexity index is 159. The number of nitrogens with zero attached hydrogens (tertiary/aromatic N) is 1. The number of rotatable bonds is 1. The van der Waals surface area contributed by atoms with Crippen LogP contribution in [0.5, 0.6) is 0 Å². The maximum atomic E-state index is 6.04. The fourth-order valence-electron chi connectivity index (χ4n) is 2.13. The van der Waals surface area contributed by atoms with E-state index in [2.05, 4.69) is 23.6 Å². The first-order chi connectivity index (χ1) is 5.79. The summed E-state index contributed by atoms with van der Waals surface area (Å²) in [5.74, 6) is 2.66. The second-order valence-corrected chi connectivity index (χ2v) is 5.05. The monoisotopic (exact) mass is 186 g/mol. The molecule has 0 amide bonds. The maximum absolute atomic E-state index is 6.04. The summed E-state index contributed by atoms with van der Waals surface area (Å²) >= 11 is 2.06. The minimum Gasteiger partial charge on any atom is -0.326 e. The van der Waals surface area contributed by atoms with Crippen LogP contribution in [0.2, 0.25) is 0 Å². The highest BCUT2D eigenvalue weighted by Gasteiger charge is 2.33. The molecule has 0 aromatic rings. The van der Waals surface area contributed by atoms with E-state index in [4.69, 9.17) is 5.73 Å². The van der Waals surface area contributed by atoms with Gasteiger partial charge in [0.1, 0.15) is 0 Å². The van der Waals surface area contributed by atoms with Crippen LogP contribution in [0.3, 0.4) is 0 Å². The average molecular weight is 186 g/mol. The third-order valence-corrected chi connectivity index (χ3v) is 4.43. The maximum Gasteiger partial charge on any atom is 0.0280 e. The number of piperidine rings is 1. The predicted octanol–water partition coefficient (Wildman–Crippen LogP) is 0.913. The van der Waals surface area contributed by atoms with Gasteiger partial charge in [-0.15, -0.1) is 0 Å². The van der Waals surface area contributed by atoms with Gasteiger partial charge in [0.2, 0.25) is 0 Å². The first-order valence-corrected chi connectivity index (χ1v) is 6.03. The van der Waals surface area contributed by atoms with Crippen molar-refractivity contribution in [3.05, 3.63) is 0 Å². The van der Waals surface area contributed by atoms with Gasteiger partial charge < -0.3 is 5.73 Å². The molecule has 70 valence electrons. The first kappa shape index (κ1) is 8.85. The highest BCUT2D eigenvalue weighted by atomic mass is 32.2. The lowest BCUT2D eigenvalue weighted by atomic mass is 9.97. The topological polar surface area (TPSA) is 29.3 Å². The minimum absolute atomic E-state index is 0.421. The lowest BCUT2D eigenvalue weighted by Crippen LogP contribution is -2.57. The zero-order valence-corrected chi connectivity index (χ0v) is 8.52. The van der Waals surface area contributed by atoms with Gasteiger partial charge in [0.15, 0.2) is 0 Å². The quantitative estimate of drug-likeness (QED) is 0.660. The van der Waals surface area contributed by atoms with E-state index in [-0.39, 0.29) is 0 Å². The summed E-state index contributed by atoms with van der Waals surface area (Å²) in [4.78, 5) is 2.62. The SMILES string of the molecule is C[C@@H]1[C@H](N)CCCN1C1CSC1. The Morgan fingerprint density at radius 2 is 2.17 bits per heavy atom. The Labute approximate surface area is 78.9 Å². The predicted molar refractivity (Wildman–Crippen MR) is 54.5 cm³/mol. The Balaban J connectivity index is 1.93. The van der Waals surface area contributed by atoms with Crippen LogP contribution >= 0.6 is 11.8 Å². The van der Waals surface area contributed by atoms with E-state index in [0.717, 1.165) is 6.04 Å². The molecule has 0 bridgehead atoms. The van der Waals surface area contributed by atoms with Gasteiger partial charge in [-0.25, -0.2) is 0 Å². The van der Waals surface area contributed by atoms with Crippen molar-refractivity contribution in [2.45, 2.75) is 37.9 Å². The Morgan fingerprint density at radius 3 is 2.75 bits per heavy atom. The average Bonchev–Trinajstić information content (AvgIpc) is 1.95. The molecule has 2 nitrogen and oxygen atoms in total. The van der Waals surface area contributed by atoms with Gasteiger partial charge in [0.25, 0.3) is 0 Å². The molecular formula is C9H18N2S. The summed E-state index contributed by atoms with van der Waals surface area (Å²) < 4.78 is 0. The molecule has 2 saturated heterocycles. The van der Waals surface area contributed by atoms with E-state index in [9.17, 15) is 0 Å². The molecule has 2 N–H and O–H groups in total. The zero-order valence-electron chi connectivity index (χ0n) is 7.70. The van der Waals surface area contributed by atoms with Crippen LogP contribution in [-0.4, -0.2) is 41.1 Å². The molecule has 2 heterocycles. The van der Waals surface area contributed by atoms with E-state index in [0.29, 0.717) is 12.1 Å². The Kier molecular flexibility index (Phi) is 2.63. The van der Waals surface area contributed by atoms with Crippen molar-refractivity contribution in [3.63, 3.8) is 0 Å². The number of hydrogen-bond donors (Lipinski definition) is 1. The summed E-state index contributed by atoms with van der Waals surface area (Å²) in [6.45, 7) is 3.56. The second-order valence-electron chi connectivity index (χ2n) is 3.98. The molecule has 0 saturated carbocycles. The van der Waals surface area contributed by atoms with Crippen LogP contribution in [0.1, 0.15) is 19.8 Å². The lowest BCUT2D eigenvalue weighted by Gasteiger charge is -2.45. The van der Waals surface area contributed by atoms with Crippen molar-refractivity contribution in [2.24, 2.45) is 5.73 Å². The highest BCUT2D eigenvalue weighted by Crippen LogP contribution is 2.28. The Morgan fingerprint density at radius 1 is 1.42 bits per heavy atom. The van der Waals surface area contributed by atoms with Gasteiger partial charge in [-0.1, -0.05) is 0 Å². The number of thioether (sulfide) groups is 1. The van der Waals surface area contributed by atoms with Crippen LogP contribution in [0.25, 0.3) is 0 Å². The van der Waals surface area contributed by atoms with Crippen LogP contribution in [-0.2, 0) is 0 Å². The van der Waals surface area contributed by atoms with E-state index in [1.165, 1.54) is 30.9 Å². The summed E-state index contributed by atoms with van der Waals surface area (Å²) in [5, 5.41) is 0. The third kappa shape index (κ3) is 1.50. The molecule has 3 heteroatoms. The standard InChI is InChI=1S/C9H18N2S/c1-7-9(10)3-2-4-11(7)8-5-12-6-8/h7-9H,2-6,10H2,1H3/t7-,9-/m1/s1. The zero-order chi connectivity index (χ0) is 8.55. The largest absolute Gasteiger partial charge is 0.326 e. The van der Waals surface area contributed by atoms with Crippen LogP contribution in [0, 0.1) is 0 Å². The van der Waals surface area contributed by atoms with E-state index in [1.807, 2.05) is 0 Å². The van der Waals surface area contributed by atoms with E-state index < -0.39 is 0 Å². The molecule has 0 spiro atoms. The Hall–Kier alpha value is 0.270. The number of hydrogen-bond acceptors (Lipinski definition) is 3. The van der Waals surface area contributed by atoms with E-state index in [1.54, 1.807) is 0 Å². The first-order valence-electron chi connectivity index (χ1n) is 4.88. The molecule has 2 rings (SSSR count). The molecule has 0 aromatic heterocycles. The van der Waals surface area contributed by atoms with E-state index >= 15 is 0 Å². The highest BCUT2D eigenvalue weighted by molar-refractivity contribution is 8.00. The summed E-state index contributed by atoms with van der Waals surface area (Å²) in [6.07, 6.45) is 2.52. The molecule has 0 radical (unpaired) electrons. The van der Waals surface area contributed by atoms with Crippen molar-refractivity contribution in [3.8, 4) is 0 Å². The molecule has 2 aliphatic rings. The molecular weight excluding hydrogens is 168 g/mol. The van der Waals surface area contributed by atoms with Gasteiger partial charge >= 0.3 is 0 Å². The molecule has 0 aliphatic carbocycles. The number of likely N-dealkylation sites (tertiary alicyclic amines) is 1. The van der Waals surface area contributed by atoms with Crippen LogP contribution in [0.15, 0.2) is 0 Å². The molecule has 0 aromatic carbocycles. The molecule has 12 heavy (non-hydrogen) atoms. The normalized spacial score (nSPS) is 39.5. The van der Waals surface area contributed by atoms with Gasteiger partial charge in [0, 0.05) is 29.6 Å². The summed E-state index contributed by atoms with van der Waals surface area (Å²) in [6, 6.07) is 1.88. The van der Waals surface area contributed by atoms with Crippen molar-refractivity contribution in [1.82, 2.24) is 4.90 Å². The number of nitrogens with two attached hydrogens (primary N) is 1. The van der Waals surface area contributed by atoms with Crippen molar-refractivity contribution >= 4 is 11.8 Å². The fraction of sp³-hybridized carbons (Fsp3) is 1.00. The van der Waals surface area contributed by atoms with Gasteiger partial charge in [-0.3, -0.25) is 4.90 Å². The molecule has 2 atom stereocenters. The van der Waals surface area contributed by atoms with Crippen LogP contribution in [0.4, 0.5) is 0 Å².